The summed E-state index contributed by atoms with van der Waals surface area (Å²) in [6, 6.07) is 6.45. The largest absolute Gasteiger partial charge is 0.294 e. The average molecular weight is 302 g/mol. The van der Waals surface area contributed by atoms with Crippen molar-refractivity contribution in [3.8, 4) is 0 Å². The third kappa shape index (κ3) is 2.20. The van der Waals surface area contributed by atoms with Gasteiger partial charge in [-0.2, -0.15) is 0 Å². The number of nitrogens with one attached hydrogen (secondary N) is 1. The summed E-state index contributed by atoms with van der Waals surface area (Å²) < 4.78 is 0. The SMILES string of the molecule is CC.C[C@@]1(N2C(=O)c3ccccc3C2=O)CCC(=O)NC1=O. The molecule has 0 saturated carbocycles. The summed E-state index contributed by atoms with van der Waals surface area (Å²) in [6.07, 6.45) is 0.249. The second-order valence-corrected chi connectivity index (χ2v) is 5.14. The van der Waals surface area contributed by atoms with E-state index in [0.29, 0.717) is 11.1 Å². The van der Waals surface area contributed by atoms with Crippen molar-refractivity contribution in [3.63, 3.8) is 0 Å². The van der Waals surface area contributed by atoms with Gasteiger partial charge >= 0.3 is 0 Å². The van der Waals surface area contributed by atoms with Crippen molar-refractivity contribution in [2.24, 2.45) is 0 Å². The minimum absolute atomic E-state index is 0.107. The maximum Gasteiger partial charge on any atom is 0.262 e. The van der Waals surface area contributed by atoms with Gasteiger partial charge in [0, 0.05) is 6.42 Å². The number of rotatable bonds is 1. The number of nitrogens with zero attached hydrogens (tertiary/aromatic N) is 1. The summed E-state index contributed by atoms with van der Waals surface area (Å²) in [6.45, 7) is 5.51. The quantitative estimate of drug-likeness (QED) is 0.797. The Morgan fingerprint density at radius 2 is 1.50 bits per heavy atom. The van der Waals surface area contributed by atoms with Gasteiger partial charge in [0.05, 0.1) is 11.1 Å². The lowest BCUT2D eigenvalue weighted by atomic mass is 9.89. The average Bonchev–Trinajstić information content (AvgIpc) is 2.78. The fourth-order valence-electron chi connectivity index (χ4n) is 2.65. The number of imide groups is 2. The van der Waals surface area contributed by atoms with E-state index >= 15 is 0 Å². The summed E-state index contributed by atoms with van der Waals surface area (Å²) in [5.74, 6) is -1.97. The first-order chi connectivity index (χ1) is 10.4. The molecule has 3 rings (SSSR count). The van der Waals surface area contributed by atoms with E-state index in [9.17, 15) is 19.2 Å². The van der Waals surface area contributed by atoms with E-state index < -0.39 is 23.3 Å². The van der Waals surface area contributed by atoms with Gasteiger partial charge in [-0.25, -0.2) is 0 Å². The van der Waals surface area contributed by atoms with Crippen LogP contribution in [-0.2, 0) is 9.59 Å². The third-order valence-corrected chi connectivity index (χ3v) is 3.87. The predicted molar refractivity (Wildman–Crippen MR) is 79.1 cm³/mol. The Morgan fingerprint density at radius 1 is 1.00 bits per heavy atom. The van der Waals surface area contributed by atoms with Crippen LogP contribution in [0.3, 0.4) is 0 Å². The Bertz CT molecular complexity index is 633. The van der Waals surface area contributed by atoms with Gasteiger partial charge in [-0.05, 0) is 25.5 Å². The molecule has 1 saturated heterocycles. The van der Waals surface area contributed by atoms with E-state index in [2.05, 4.69) is 5.32 Å². The van der Waals surface area contributed by atoms with E-state index in [0.717, 1.165) is 4.90 Å². The molecule has 6 heteroatoms. The zero-order valence-electron chi connectivity index (χ0n) is 12.8. The van der Waals surface area contributed by atoms with Crippen molar-refractivity contribution >= 4 is 23.6 Å². The van der Waals surface area contributed by atoms with Crippen molar-refractivity contribution in [3.05, 3.63) is 35.4 Å². The standard InChI is InChI=1S/C14H12N2O4.C2H6/c1-14(7-6-10(17)15-13(14)20)16-11(18)8-4-2-3-5-9(8)12(16)19;1-2/h2-5H,6-7H2,1H3,(H,15,17,20);1-2H3/t14-;/m1./s1. The number of hydrogen-bond acceptors (Lipinski definition) is 4. The molecule has 0 aromatic heterocycles. The Balaban J connectivity index is 0.000000847. The molecule has 0 spiro atoms. The fourth-order valence-corrected chi connectivity index (χ4v) is 2.65. The van der Waals surface area contributed by atoms with Crippen LogP contribution in [0.5, 0.6) is 0 Å². The second-order valence-electron chi connectivity index (χ2n) is 5.14. The van der Waals surface area contributed by atoms with Crippen molar-refractivity contribution in [1.29, 1.82) is 0 Å². The molecule has 1 fully saturated rings. The number of fused-ring (bicyclic) bond motifs is 1. The number of hydrogen-bond donors (Lipinski definition) is 1. The first-order valence-corrected chi connectivity index (χ1v) is 7.27. The molecule has 6 nitrogen and oxygen atoms in total. The molecule has 0 radical (unpaired) electrons. The van der Waals surface area contributed by atoms with Gasteiger partial charge in [0.25, 0.3) is 17.7 Å². The molecule has 4 amide bonds. The van der Waals surface area contributed by atoms with Gasteiger partial charge in [-0.3, -0.25) is 29.4 Å². The highest BCUT2D eigenvalue weighted by atomic mass is 16.2. The van der Waals surface area contributed by atoms with Crippen LogP contribution in [0.25, 0.3) is 0 Å². The number of piperidine rings is 1. The van der Waals surface area contributed by atoms with Crippen LogP contribution < -0.4 is 5.32 Å². The minimum Gasteiger partial charge on any atom is -0.294 e. The lowest BCUT2D eigenvalue weighted by Gasteiger charge is -2.38. The monoisotopic (exact) mass is 302 g/mol. The van der Waals surface area contributed by atoms with E-state index in [4.69, 9.17) is 0 Å². The molecule has 0 unspecified atom stereocenters. The van der Waals surface area contributed by atoms with Gasteiger partial charge in [-0.15, -0.1) is 0 Å². The van der Waals surface area contributed by atoms with Crippen LogP contribution in [0.2, 0.25) is 0 Å². The van der Waals surface area contributed by atoms with Crippen molar-refractivity contribution in [2.75, 3.05) is 0 Å². The van der Waals surface area contributed by atoms with Gasteiger partial charge < -0.3 is 0 Å². The zero-order chi connectivity index (χ0) is 16.5. The van der Waals surface area contributed by atoms with Gasteiger partial charge in [0.1, 0.15) is 5.54 Å². The summed E-state index contributed by atoms with van der Waals surface area (Å²) in [7, 11) is 0. The lowest BCUT2D eigenvalue weighted by molar-refractivity contribution is -0.140. The smallest absolute Gasteiger partial charge is 0.262 e. The van der Waals surface area contributed by atoms with Crippen molar-refractivity contribution in [2.45, 2.75) is 39.2 Å². The molecule has 116 valence electrons. The lowest BCUT2D eigenvalue weighted by Crippen LogP contribution is -2.62. The minimum atomic E-state index is -1.32. The Hall–Kier alpha value is -2.50. The molecule has 1 aromatic rings. The molecule has 0 aliphatic carbocycles. The highest BCUT2D eigenvalue weighted by Gasteiger charge is 2.52. The third-order valence-electron chi connectivity index (χ3n) is 3.87. The Kier molecular flexibility index (Phi) is 4.12. The van der Waals surface area contributed by atoms with E-state index in [-0.39, 0.29) is 18.7 Å². The normalized spacial score (nSPS) is 23.7. The van der Waals surface area contributed by atoms with E-state index in [1.165, 1.54) is 6.92 Å². The fraction of sp³-hybridized carbons (Fsp3) is 0.375. The van der Waals surface area contributed by atoms with Crippen molar-refractivity contribution < 1.29 is 19.2 Å². The molecule has 2 aliphatic rings. The summed E-state index contributed by atoms with van der Waals surface area (Å²) >= 11 is 0. The maximum atomic E-state index is 12.4. The predicted octanol–water partition coefficient (Wildman–Crippen LogP) is 1.50. The molecule has 0 bridgehead atoms. The van der Waals surface area contributed by atoms with Crippen LogP contribution in [-0.4, -0.2) is 34.1 Å². The Labute approximate surface area is 128 Å². The van der Waals surface area contributed by atoms with Gasteiger partial charge in [-0.1, -0.05) is 26.0 Å². The van der Waals surface area contributed by atoms with E-state index in [1.807, 2.05) is 13.8 Å². The van der Waals surface area contributed by atoms with Crippen LogP contribution >= 0.6 is 0 Å². The van der Waals surface area contributed by atoms with Gasteiger partial charge in [0.15, 0.2) is 0 Å². The van der Waals surface area contributed by atoms with E-state index in [1.54, 1.807) is 24.3 Å². The maximum absolute atomic E-state index is 12.4. The van der Waals surface area contributed by atoms with Crippen LogP contribution in [0.15, 0.2) is 24.3 Å². The highest BCUT2D eigenvalue weighted by molar-refractivity contribution is 6.24. The topological polar surface area (TPSA) is 83.6 Å². The van der Waals surface area contributed by atoms with Crippen LogP contribution in [0.1, 0.15) is 54.3 Å². The molecule has 1 aromatic carbocycles. The number of carbonyl (C=O) groups excluding carboxylic acids is 4. The molecule has 1 N–H and O–H groups in total. The summed E-state index contributed by atoms with van der Waals surface area (Å²) in [5, 5.41) is 2.19. The molecule has 22 heavy (non-hydrogen) atoms. The molecular formula is C16H18N2O4. The van der Waals surface area contributed by atoms with Crippen molar-refractivity contribution in [1.82, 2.24) is 10.2 Å². The summed E-state index contributed by atoms with van der Waals surface area (Å²) in [5.41, 5.74) is -0.729. The first kappa shape index (κ1) is 15.9. The number of carbonyl (C=O) groups is 4. The molecular weight excluding hydrogens is 284 g/mol. The van der Waals surface area contributed by atoms with Gasteiger partial charge in [0.2, 0.25) is 5.91 Å². The second kappa shape index (κ2) is 5.71. The highest BCUT2D eigenvalue weighted by Crippen LogP contribution is 2.33. The first-order valence-electron chi connectivity index (χ1n) is 7.27. The molecule has 2 heterocycles. The number of benzene rings is 1. The zero-order valence-corrected chi connectivity index (χ0v) is 12.8. The Morgan fingerprint density at radius 3 is 1.95 bits per heavy atom. The van der Waals surface area contributed by atoms with Crippen LogP contribution in [0.4, 0.5) is 0 Å². The van der Waals surface area contributed by atoms with Crippen LogP contribution in [0, 0.1) is 0 Å². The number of amides is 4. The summed E-state index contributed by atoms with van der Waals surface area (Å²) in [4.78, 5) is 49.0. The molecule has 2 aliphatic heterocycles. The molecule has 1 atom stereocenters.